The molecule has 0 aromatic carbocycles. The number of hydrogen-bond acceptors (Lipinski definition) is 5. The zero-order chi connectivity index (χ0) is 18.4. The molecule has 3 aliphatic rings. The van der Waals surface area contributed by atoms with Gasteiger partial charge in [-0.1, -0.05) is 25.8 Å². The minimum Gasteiger partial charge on any atom is -0.347 e. The highest BCUT2D eigenvalue weighted by Crippen LogP contribution is 2.50. The van der Waals surface area contributed by atoms with Crippen LogP contribution in [0.2, 0.25) is 0 Å². The van der Waals surface area contributed by atoms with E-state index in [2.05, 4.69) is 0 Å². The topological polar surface area (TPSA) is 35.5 Å². The third-order valence-corrected chi connectivity index (χ3v) is 8.89. The number of carbonyl (C=O) groups is 1. The zero-order valence-electron chi connectivity index (χ0n) is 15.7. The van der Waals surface area contributed by atoms with Crippen molar-refractivity contribution >= 4 is 29.3 Å². The van der Waals surface area contributed by atoms with Gasteiger partial charge in [-0.25, -0.2) is 4.39 Å². The normalized spacial score (nSPS) is 29.9. The standard InChI is InChI=1S/C20H31FO3S2/c1-2-3-4-17(21)18(22)7-5-15-9-10-20(23-11-12-24-20)16(15)6-8-19-25-13-14-26-19/h5,7,15-17,19H,2-4,6,8-14H2,1H3/b7-5+. The van der Waals surface area contributed by atoms with Crippen LogP contribution in [0.1, 0.15) is 51.9 Å². The van der Waals surface area contributed by atoms with Gasteiger partial charge in [0.1, 0.15) is 0 Å². The molecule has 3 rings (SSSR count). The van der Waals surface area contributed by atoms with E-state index in [-0.39, 0.29) is 17.6 Å². The van der Waals surface area contributed by atoms with Crippen LogP contribution < -0.4 is 0 Å². The average molecular weight is 403 g/mol. The fraction of sp³-hybridized carbons (Fsp3) is 0.850. The molecule has 0 amide bonds. The van der Waals surface area contributed by atoms with Crippen molar-refractivity contribution in [2.45, 2.75) is 68.4 Å². The summed E-state index contributed by atoms with van der Waals surface area (Å²) >= 11 is 4.09. The Morgan fingerprint density at radius 1 is 1.27 bits per heavy atom. The van der Waals surface area contributed by atoms with Crippen molar-refractivity contribution in [3.8, 4) is 0 Å². The molecule has 0 aromatic rings. The first kappa shape index (κ1) is 20.7. The smallest absolute Gasteiger partial charge is 0.189 e. The summed E-state index contributed by atoms with van der Waals surface area (Å²) in [4.78, 5) is 12.1. The van der Waals surface area contributed by atoms with Crippen molar-refractivity contribution in [2.24, 2.45) is 11.8 Å². The molecule has 0 aromatic heterocycles. The van der Waals surface area contributed by atoms with E-state index in [1.807, 2.05) is 36.5 Å². The summed E-state index contributed by atoms with van der Waals surface area (Å²) < 4.78 is 26.7. The van der Waals surface area contributed by atoms with Gasteiger partial charge < -0.3 is 9.47 Å². The van der Waals surface area contributed by atoms with E-state index in [9.17, 15) is 9.18 Å². The van der Waals surface area contributed by atoms with E-state index in [1.165, 1.54) is 17.6 Å². The first-order valence-electron chi connectivity index (χ1n) is 10.0. The van der Waals surface area contributed by atoms with Crippen LogP contribution in [0.3, 0.4) is 0 Å². The summed E-state index contributed by atoms with van der Waals surface area (Å²) in [7, 11) is 0. The van der Waals surface area contributed by atoms with Gasteiger partial charge in [-0.3, -0.25) is 4.79 Å². The van der Waals surface area contributed by atoms with E-state index in [1.54, 1.807) is 0 Å². The minimum absolute atomic E-state index is 0.242. The second-order valence-electron chi connectivity index (χ2n) is 7.44. The molecule has 6 heteroatoms. The number of thioether (sulfide) groups is 2. The molecule has 26 heavy (non-hydrogen) atoms. The number of rotatable bonds is 9. The molecule has 0 N–H and O–H groups in total. The lowest BCUT2D eigenvalue weighted by Gasteiger charge is -2.32. The number of hydrogen-bond donors (Lipinski definition) is 0. The largest absolute Gasteiger partial charge is 0.347 e. The van der Waals surface area contributed by atoms with Crippen LogP contribution in [0, 0.1) is 11.8 Å². The van der Waals surface area contributed by atoms with Gasteiger partial charge in [-0.05, 0) is 37.7 Å². The molecule has 1 aliphatic carbocycles. The summed E-state index contributed by atoms with van der Waals surface area (Å²) in [6, 6.07) is 0. The van der Waals surface area contributed by atoms with Crippen molar-refractivity contribution < 1.29 is 18.7 Å². The SMILES string of the molecule is CCCCC(F)C(=O)/C=C/C1CCC2(OCCO2)C1CCC1SCCS1. The molecular weight excluding hydrogens is 371 g/mol. The van der Waals surface area contributed by atoms with Gasteiger partial charge >= 0.3 is 0 Å². The van der Waals surface area contributed by atoms with Crippen molar-refractivity contribution in [3.63, 3.8) is 0 Å². The maximum absolute atomic E-state index is 13.9. The third kappa shape index (κ3) is 5.06. The zero-order valence-corrected chi connectivity index (χ0v) is 17.3. The average Bonchev–Trinajstić information content (AvgIpc) is 3.39. The Morgan fingerprint density at radius 2 is 2.00 bits per heavy atom. The molecule has 1 saturated carbocycles. The Morgan fingerprint density at radius 3 is 2.69 bits per heavy atom. The van der Waals surface area contributed by atoms with Gasteiger partial charge in [0.05, 0.1) is 17.8 Å². The first-order chi connectivity index (χ1) is 12.6. The predicted octanol–water partition coefficient (Wildman–Crippen LogP) is 5.00. The third-order valence-electron chi connectivity index (χ3n) is 5.72. The summed E-state index contributed by atoms with van der Waals surface area (Å²) in [6.07, 6.45) is 8.10. The molecule has 0 radical (unpaired) electrons. The number of alkyl halides is 1. The lowest BCUT2D eigenvalue weighted by atomic mass is 9.88. The molecule has 0 bridgehead atoms. The lowest BCUT2D eigenvalue weighted by molar-refractivity contribution is -0.185. The number of carbonyl (C=O) groups excluding carboxylic acids is 1. The van der Waals surface area contributed by atoms with Crippen molar-refractivity contribution in [1.29, 1.82) is 0 Å². The van der Waals surface area contributed by atoms with Crippen molar-refractivity contribution in [2.75, 3.05) is 24.7 Å². The van der Waals surface area contributed by atoms with Crippen molar-refractivity contribution in [3.05, 3.63) is 12.2 Å². The van der Waals surface area contributed by atoms with E-state index >= 15 is 0 Å². The first-order valence-corrected chi connectivity index (χ1v) is 12.1. The van der Waals surface area contributed by atoms with E-state index in [4.69, 9.17) is 9.47 Å². The molecule has 2 aliphatic heterocycles. The molecule has 148 valence electrons. The maximum atomic E-state index is 13.9. The van der Waals surface area contributed by atoms with Crippen molar-refractivity contribution in [1.82, 2.24) is 0 Å². The van der Waals surface area contributed by atoms with E-state index < -0.39 is 12.0 Å². The Balaban J connectivity index is 1.60. The number of halogens is 1. The van der Waals surface area contributed by atoms with Crippen LogP contribution in [-0.2, 0) is 14.3 Å². The molecule has 2 heterocycles. The summed E-state index contributed by atoms with van der Waals surface area (Å²) in [5.74, 6) is 2.14. The molecule has 3 fully saturated rings. The van der Waals surface area contributed by atoms with Gasteiger partial charge in [0.2, 0.25) is 0 Å². The van der Waals surface area contributed by atoms with Crippen LogP contribution in [0.5, 0.6) is 0 Å². The Labute approximate surface area is 165 Å². The number of ether oxygens (including phenoxy) is 2. The number of allylic oxidation sites excluding steroid dienone is 2. The fourth-order valence-corrected chi connectivity index (χ4v) is 7.18. The molecule has 2 saturated heterocycles. The molecule has 3 nitrogen and oxygen atoms in total. The molecule has 1 spiro atoms. The number of unbranched alkanes of at least 4 members (excludes halogenated alkanes) is 1. The van der Waals surface area contributed by atoms with Gasteiger partial charge in [-0.2, -0.15) is 0 Å². The second kappa shape index (κ2) is 9.94. The Hall–Kier alpha value is -0.0400. The van der Waals surface area contributed by atoms with E-state index in [0.29, 0.717) is 24.2 Å². The summed E-state index contributed by atoms with van der Waals surface area (Å²) in [5.41, 5.74) is 0. The van der Waals surface area contributed by atoms with Crippen LogP contribution >= 0.6 is 23.5 Å². The maximum Gasteiger partial charge on any atom is 0.189 e. The lowest BCUT2D eigenvalue weighted by Crippen LogP contribution is -2.36. The quantitative estimate of drug-likeness (QED) is 0.507. The summed E-state index contributed by atoms with van der Waals surface area (Å²) in [6.45, 7) is 3.32. The van der Waals surface area contributed by atoms with Crippen LogP contribution in [-0.4, -0.2) is 47.0 Å². The van der Waals surface area contributed by atoms with Gasteiger partial charge in [-0.15, -0.1) is 23.5 Å². The Bertz CT molecular complexity index is 487. The van der Waals surface area contributed by atoms with Gasteiger partial charge in [0, 0.05) is 23.8 Å². The highest BCUT2D eigenvalue weighted by Gasteiger charge is 2.51. The van der Waals surface area contributed by atoms with Gasteiger partial charge in [0.25, 0.3) is 0 Å². The molecular formula is C20H31FO3S2. The molecule has 3 unspecified atom stereocenters. The second-order valence-corrected chi connectivity index (χ2v) is 10.4. The van der Waals surface area contributed by atoms with Gasteiger partial charge in [0.15, 0.2) is 17.7 Å². The monoisotopic (exact) mass is 402 g/mol. The highest BCUT2D eigenvalue weighted by atomic mass is 32.2. The fourth-order valence-electron chi connectivity index (χ4n) is 4.31. The minimum atomic E-state index is -1.36. The molecule has 3 atom stereocenters. The predicted molar refractivity (Wildman–Crippen MR) is 107 cm³/mol. The summed E-state index contributed by atoms with van der Waals surface area (Å²) in [5, 5.41) is 0. The van der Waals surface area contributed by atoms with Crippen LogP contribution in [0.4, 0.5) is 4.39 Å². The van der Waals surface area contributed by atoms with Crippen LogP contribution in [0.25, 0.3) is 0 Å². The number of ketones is 1. The Kier molecular flexibility index (Phi) is 7.91. The highest BCUT2D eigenvalue weighted by molar-refractivity contribution is 8.20. The van der Waals surface area contributed by atoms with E-state index in [0.717, 1.165) is 38.5 Å². The van der Waals surface area contributed by atoms with Crippen LogP contribution in [0.15, 0.2) is 12.2 Å².